The average Bonchev–Trinajstić information content (AvgIpc) is 3.34. The molecule has 0 saturated carbocycles. The van der Waals surface area contributed by atoms with Gasteiger partial charge >= 0.3 is 0 Å². The van der Waals surface area contributed by atoms with Crippen LogP contribution in [0.4, 0.5) is 0 Å². The van der Waals surface area contributed by atoms with Crippen LogP contribution >= 0.6 is 0 Å². The maximum absolute atomic E-state index is 4.95. The van der Waals surface area contributed by atoms with Gasteiger partial charge in [-0.15, -0.1) is 5.10 Å². The van der Waals surface area contributed by atoms with E-state index in [1.165, 1.54) is 12.8 Å². The molecule has 3 aromatic heterocycles. The van der Waals surface area contributed by atoms with Crippen molar-refractivity contribution in [2.24, 2.45) is 0 Å². The van der Waals surface area contributed by atoms with Crippen molar-refractivity contribution in [3.05, 3.63) is 66.1 Å². The summed E-state index contributed by atoms with van der Waals surface area (Å²) in [6.45, 7) is 6.37. The van der Waals surface area contributed by atoms with Crippen molar-refractivity contribution >= 4 is 0 Å². The van der Waals surface area contributed by atoms with Crippen LogP contribution in [0.15, 0.2) is 48.9 Å². The second-order valence-electron chi connectivity index (χ2n) is 7.01. The van der Waals surface area contributed by atoms with E-state index in [-0.39, 0.29) is 12.0 Å². The Bertz CT molecular complexity index is 837. The van der Waals surface area contributed by atoms with E-state index in [0.717, 1.165) is 36.1 Å². The van der Waals surface area contributed by atoms with Crippen LogP contribution in [0, 0.1) is 0 Å². The Hall–Kier alpha value is -2.60. The monoisotopic (exact) mass is 348 g/mol. The van der Waals surface area contributed by atoms with Gasteiger partial charge in [0, 0.05) is 24.5 Å². The minimum absolute atomic E-state index is 0.0354. The predicted octanol–water partition coefficient (Wildman–Crippen LogP) is 3.37. The zero-order chi connectivity index (χ0) is 17.9. The van der Waals surface area contributed by atoms with Crippen LogP contribution in [0.5, 0.6) is 0 Å². The van der Waals surface area contributed by atoms with Gasteiger partial charge in [-0.3, -0.25) is 9.88 Å². The molecule has 0 radical (unpaired) electrons. The number of nitrogens with zero attached hydrogens (tertiary/aromatic N) is 6. The maximum atomic E-state index is 4.95. The summed E-state index contributed by atoms with van der Waals surface area (Å²) < 4.78 is 1.91. The third-order valence-electron chi connectivity index (χ3n) is 4.78. The molecule has 0 N–H and O–H groups in total. The molecule has 1 unspecified atom stereocenters. The predicted molar refractivity (Wildman–Crippen MR) is 100 cm³/mol. The first-order valence-electron chi connectivity index (χ1n) is 9.26. The van der Waals surface area contributed by atoms with Gasteiger partial charge in [0.05, 0.1) is 6.04 Å². The second kappa shape index (κ2) is 7.33. The molecule has 1 fully saturated rings. The standard InChI is InChI=1S/C20H24N6/c1-15(2)19-23-20(26(24-19)17-9-3-4-11-22-17)18(25-12-5-6-13-25)16-8-7-10-21-14-16/h3-4,7-11,14-15,18H,5-6,12-13H2,1-2H3. The SMILES string of the molecule is CC(C)c1nc(C(c2cccnc2)N2CCCC2)n(-c2ccccn2)n1. The molecule has 0 aliphatic carbocycles. The molecule has 0 amide bonds. The van der Waals surface area contributed by atoms with Crippen molar-refractivity contribution in [3.63, 3.8) is 0 Å². The van der Waals surface area contributed by atoms with E-state index in [4.69, 9.17) is 10.1 Å². The molecular weight excluding hydrogens is 324 g/mol. The van der Waals surface area contributed by atoms with Gasteiger partial charge in [0.1, 0.15) is 0 Å². The Morgan fingerprint density at radius 1 is 1.00 bits per heavy atom. The van der Waals surface area contributed by atoms with Crippen molar-refractivity contribution in [2.75, 3.05) is 13.1 Å². The number of aromatic nitrogens is 5. The Kier molecular flexibility index (Phi) is 4.75. The summed E-state index contributed by atoms with van der Waals surface area (Å²) in [6.07, 6.45) is 7.98. The molecule has 0 aromatic carbocycles. The Morgan fingerprint density at radius 3 is 2.50 bits per heavy atom. The van der Waals surface area contributed by atoms with E-state index in [2.05, 4.69) is 34.8 Å². The van der Waals surface area contributed by atoms with Gasteiger partial charge in [-0.1, -0.05) is 26.0 Å². The summed E-state index contributed by atoms with van der Waals surface area (Å²) in [5, 5.41) is 4.79. The first-order valence-corrected chi connectivity index (χ1v) is 9.26. The molecule has 1 saturated heterocycles. The number of hydrogen-bond acceptors (Lipinski definition) is 5. The van der Waals surface area contributed by atoms with Crippen LogP contribution in [-0.4, -0.2) is 42.7 Å². The third kappa shape index (κ3) is 3.24. The zero-order valence-corrected chi connectivity index (χ0v) is 15.3. The van der Waals surface area contributed by atoms with Crippen molar-refractivity contribution in [1.29, 1.82) is 0 Å². The highest BCUT2D eigenvalue weighted by molar-refractivity contribution is 5.29. The van der Waals surface area contributed by atoms with E-state index in [1.54, 1.807) is 6.20 Å². The molecule has 6 nitrogen and oxygen atoms in total. The van der Waals surface area contributed by atoms with E-state index in [9.17, 15) is 0 Å². The summed E-state index contributed by atoms with van der Waals surface area (Å²) >= 11 is 0. The van der Waals surface area contributed by atoms with Crippen molar-refractivity contribution in [1.82, 2.24) is 29.6 Å². The van der Waals surface area contributed by atoms with Crippen molar-refractivity contribution < 1.29 is 0 Å². The Labute approximate surface area is 153 Å². The van der Waals surface area contributed by atoms with E-state index >= 15 is 0 Å². The van der Waals surface area contributed by atoms with Crippen molar-refractivity contribution in [3.8, 4) is 5.82 Å². The van der Waals surface area contributed by atoms with Crippen LogP contribution in [-0.2, 0) is 0 Å². The molecule has 4 heterocycles. The fourth-order valence-electron chi connectivity index (χ4n) is 3.47. The normalized spacial score (nSPS) is 16.3. The summed E-state index contributed by atoms with van der Waals surface area (Å²) in [5.74, 6) is 2.82. The molecule has 4 rings (SSSR count). The molecule has 3 aromatic rings. The molecular formula is C20H24N6. The van der Waals surface area contributed by atoms with E-state index in [1.807, 2.05) is 41.3 Å². The maximum Gasteiger partial charge on any atom is 0.156 e. The first-order chi connectivity index (χ1) is 12.7. The van der Waals surface area contributed by atoms with Gasteiger partial charge in [0.15, 0.2) is 17.5 Å². The van der Waals surface area contributed by atoms with E-state index < -0.39 is 0 Å². The summed E-state index contributed by atoms with van der Waals surface area (Å²) in [5.41, 5.74) is 1.15. The quantitative estimate of drug-likeness (QED) is 0.707. The van der Waals surface area contributed by atoms with Gasteiger partial charge in [-0.2, -0.15) is 4.68 Å². The Morgan fingerprint density at radius 2 is 1.85 bits per heavy atom. The average molecular weight is 348 g/mol. The second-order valence-corrected chi connectivity index (χ2v) is 7.01. The lowest BCUT2D eigenvalue weighted by atomic mass is 10.1. The highest BCUT2D eigenvalue weighted by atomic mass is 15.4. The zero-order valence-electron chi connectivity index (χ0n) is 15.3. The van der Waals surface area contributed by atoms with Crippen LogP contribution in [0.2, 0.25) is 0 Å². The highest BCUT2D eigenvalue weighted by Gasteiger charge is 2.31. The van der Waals surface area contributed by atoms with Crippen LogP contribution in [0.3, 0.4) is 0 Å². The lowest BCUT2D eigenvalue weighted by molar-refractivity contribution is 0.268. The molecule has 134 valence electrons. The third-order valence-corrected chi connectivity index (χ3v) is 4.78. The molecule has 0 bridgehead atoms. The lowest BCUT2D eigenvalue weighted by Gasteiger charge is -2.27. The minimum atomic E-state index is 0.0354. The minimum Gasteiger partial charge on any atom is -0.290 e. The number of pyridine rings is 2. The van der Waals surface area contributed by atoms with Gasteiger partial charge in [0.2, 0.25) is 0 Å². The summed E-state index contributed by atoms with van der Waals surface area (Å²) in [4.78, 5) is 16.3. The summed E-state index contributed by atoms with van der Waals surface area (Å²) in [7, 11) is 0. The van der Waals surface area contributed by atoms with Gasteiger partial charge in [-0.25, -0.2) is 9.97 Å². The van der Waals surface area contributed by atoms with Gasteiger partial charge in [0.25, 0.3) is 0 Å². The highest BCUT2D eigenvalue weighted by Crippen LogP contribution is 2.32. The number of likely N-dealkylation sites (tertiary alicyclic amines) is 1. The Balaban J connectivity index is 1.87. The number of hydrogen-bond donors (Lipinski definition) is 0. The van der Waals surface area contributed by atoms with Crippen LogP contribution in [0.1, 0.15) is 55.9 Å². The molecule has 26 heavy (non-hydrogen) atoms. The largest absolute Gasteiger partial charge is 0.290 e. The van der Waals surface area contributed by atoms with Crippen LogP contribution in [0.25, 0.3) is 5.82 Å². The molecule has 0 spiro atoms. The molecule has 6 heteroatoms. The number of rotatable bonds is 5. The van der Waals surface area contributed by atoms with E-state index in [0.29, 0.717) is 0 Å². The first kappa shape index (κ1) is 16.8. The fourth-order valence-corrected chi connectivity index (χ4v) is 3.47. The molecule has 1 atom stereocenters. The smallest absolute Gasteiger partial charge is 0.156 e. The van der Waals surface area contributed by atoms with Gasteiger partial charge < -0.3 is 0 Å². The fraction of sp³-hybridized carbons (Fsp3) is 0.400. The van der Waals surface area contributed by atoms with Crippen molar-refractivity contribution in [2.45, 2.75) is 38.6 Å². The molecule has 1 aliphatic rings. The lowest BCUT2D eigenvalue weighted by Crippen LogP contribution is -2.29. The summed E-state index contributed by atoms with van der Waals surface area (Å²) in [6, 6.07) is 10.0. The topological polar surface area (TPSA) is 59.7 Å². The van der Waals surface area contributed by atoms with Crippen LogP contribution < -0.4 is 0 Å². The van der Waals surface area contributed by atoms with Gasteiger partial charge in [-0.05, 0) is 49.7 Å². The molecule has 1 aliphatic heterocycles.